The number of fused-ring (bicyclic) bond motifs is 7. The van der Waals surface area contributed by atoms with Gasteiger partial charge in [0, 0.05) is 17.3 Å². The maximum absolute atomic E-state index is 11.4. The molecule has 5 saturated carbocycles. The number of hydrogen-bond acceptors (Lipinski definition) is 3. The molecule has 7 aliphatic rings. The van der Waals surface area contributed by atoms with Gasteiger partial charge in [0.2, 0.25) is 0 Å². The lowest BCUT2D eigenvalue weighted by molar-refractivity contribution is -0.401. The topological polar surface area (TPSA) is 49.7 Å². The average molecular weight is 459 g/mol. The van der Waals surface area contributed by atoms with Crippen LogP contribution in [0.4, 0.5) is 0 Å². The van der Waals surface area contributed by atoms with Crippen molar-refractivity contribution in [2.45, 2.75) is 124 Å². The van der Waals surface area contributed by atoms with Crippen LogP contribution in [-0.2, 0) is 4.74 Å². The van der Waals surface area contributed by atoms with Crippen molar-refractivity contribution < 1.29 is 14.9 Å². The quantitative estimate of drug-likeness (QED) is 0.468. The molecule has 3 nitrogen and oxygen atoms in total. The molecular weight excluding hydrogens is 408 g/mol. The first kappa shape index (κ1) is 23.3. The van der Waals surface area contributed by atoms with Gasteiger partial charge in [-0.25, -0.2) is 0 Å². The fourth-order valence-electron chi connectivity index (χ4n) is 12.1. The van der Waals surface area contributed by atoms with Crippen molar-refractivity contribution in [2.24, 2.45) is 56.7 Å². The Morgan fingerprint density at radius 1 is 0.758 bits per heavy atom. The smallest absolute Gasteiger partial charge is 0.170 e. The van der Waals surface area contributed by atoms with Gasteiger partial charge in [0.05, 0.1) is 12.2 Å². The van der Waals surface area contributed by atoms with Crippen molar-refractivity contribution in [3.8, 4) is 0 Å². The molecular formula is C30H50O3. The lowest BCUT2D eigenvalue weighted by Gasteiger charge is -2.76. The minimum atomic E-state index is -0.926. The highest BCUT2D eigenvalue weighted by molar-refractivity contribution is 5.22. The van der Waals surface area contributed by atoms with Crippen LogP contribution in [0.1, 0.15) is 113 Å². The Balaban J connectivity index is 1.41. The minimum Gasteiger partial charge on any atom is -0.390 e. The molecule has 0 unspecified atom stereocenters. The van der Waals surface area contributed by atoms with Crippen molar-refractivity contribution in [1.82, 2.24) is 0 Å². The predicted molar refractivity (Wildman–Crippen MR) is 131 cm³/mol. The Hall–Kier alpha value is -0.120. The second-order valence-electron chi connectivity index (χ2n) is 15.7. The highest BCUT2D eigenvalue weighted by atomic mass is 16.6. The number of aliphatic hydroxyl groups is 2. The summed E-state index contributed by atoms with van der Waals surface area (Å²) in [6.45, 7) is 17.4. The fraction of sp³-hybridized carbons (Fsp3) is 1.00. The van der Waals surface area contributed by atoms with E-state index in [0.717, 1.165) is 25.4 Å². The van der Waals surface area contributed by atoms with Gasteiger partial charge in [-0.05, 0) is 117 Å². The molecule has 3 heteroatoms. The van der Waals surface area contributed by atoms with E-state index < -0.39 is 11.4 Å². The molecule has 33 heavy (non-hydrogen) atoms. The molecule has 188 valence electrons. The summed E-state index contributed by atoms with van der Waals surface area (Å²) in [4.78, 5) is 0. The molecule has 2 N–H and O–H groups in total. The van der Waals surface area contributed by atoms with E-state index in [1.807, 2.05) is 0 Å². The molecule has 2 bridgehead atoms. The second kappa shape index (κ2) is 6.41. The summed E-state index contributed by atoms with van der Waals surface area (Å²) < 4.78 is 6.37. The molecule has 7 fully saturated rings. The summed E-state index contributed by atoms with van der Waals surface area (Å²) in [5.74, 6) is 2.15. The van der Waals surface area contributed by atoms with Crippen LogP contribution in [0, 0.1) is 56.7 Å². The van der Waals surface area contributed by atoms with Crippen LogP contribution in [0.3, 0.4) is 0 Å². The first-order valence-electron chi connectivity index (χ1n) is 14.2. The second-order valence-corrected chi connectivity index (χ2v) is 15.7. The van der Waals surface area contributed by atoms with Crippen LogP contribution in [0.2, 0.25) is 0 Å². The Kier molecular flexibility index (Phi) is 4.52. The summed E-state index contributed by atoms with van der Waals surface area (Å²) in [7, 11) is 0. The Morgan fingerprint density at radius 3 is 2.12 bits per heavy atom. The number of rotatable bonds is 1. The molecule has 0 aromatic heterocycles. The number of hydrogen-bond donors (Lipinski definition) is 2. The van der Waals surface area contributed by atoms with Gasteiger partial charge in [0.1, 0.15) is 0 Å². The van der Waals surface area contributed by atoms with E-state index in [1.54, 1.807) is 0 Å². The largest absolute Gasteiger partial charge is 0.390 e. The summed E-state index contributed by atoms with van der Waals surface area (Å²) in [5, 5.41) is 22.6. The van der Waals surface area contributed by atoms with Crippen molar-refractivity contribution in [3.63, 3.8) is 0 Å². The molecule has 2 heterocycles. The van der Waals surface area contributed by atoms with E-state index >= 15 is 0 Å². The molecule has 0 aromatic rings. The van der Waals surface area contributed by atoms with Crippen LogP contribution in [0.25, 0.3) is 0 Å². The van der Waals surface area contributed by atoms with E-state index in [-0.39, 0.29) is 10.8 Å². The van der Waals surface area contributed by atoms with Crippen LogP contribution in [0.5, 0.6) is 0 Å². The van der Waals surface area contributed by atoms with Crippen molar-refractivity contribution in [3.05, 3.63) is 0 Å². The van der Waals surface area contributed by atoms with Crippen LogP contribution in [-0.4, -0.2) is 28.2 Å². The minimum absolute atomic E-state index is 0.162. The Bertz CT molecular complexity index is 832. The van der Waals surface area contributed by atoms with E-state index in [1.165, 1.54) is 51.4 Å². The predicted octanol–water partition coefficient (Wildman–Crippen LogP) is 6.56. The molecule has 0 radical (unpaired) electrons. The van der Waals surface area contributed by atoms with Crippen LogP contribution < -0.4 is 0 Å². The SMILES string of the molecule is CC(C)(O)[C@@H]1CC[C@]2(C)CC[C@]3(C)[C@H](CC[C@@H]4[C@]56CC[C@](O)(OC5)C(C)(C)[C@@H]6CC[C@]43C)[C@H]12. The van der Waals surface area contributed by atoms with Gasteiger partial charge >= 0.3 is 0 Å². The molecule has 1 spiro atoms. The first-order valence-corrected chi connectivity index (χ1v) is 14.2. The van der Waals surface area contributed by atoms with Gasteiger partial charge in [-0.2, -0.15) is 0 Å². The van der Waals surface area contributed by atoms with Crippen molar-refractivity contribution >= 4 is 0 Å². The third-order valence-electron chi connectivity index (χ3n) is 14.2. The van der Waals surface area contributed by atoms with E-state index in [4.69, 9.17) is 4.74 Å². The van der Waals surface area contributed by atoms with Crippen molar-refractivity contribution in [1.29, 1.82) is 0 Å². The van der Waals surface area contributed by atoms with Gasteiger partial charge in [-0.1, -0.05) is 34.6 Å². The molecule has 7 rings (SSSR count). The van der Waals surface area contributed by atoms with E-state index in [2.05, 4.69) is 48.5 Å². The molecule has 10 atom stereocenters. The van der Waals surface area contributed by atoms with E-state index in [9.17, 15) is 10.2 Å². The van der Waals surface area contributed by atoms with Crippen LogP contribution >= 0.6 is 0 Å². The lowest BCUT2D eigenvalue weighted by Crippen LogP contribution is -2.74. The van der Waals surface area contributed by atoms with Gasteiger partial charge in [-0.15, -0.1) is 0 Å². The summed E-state index contributed by atoms with van der Waals surface area (Å²) in [6.07, 6.45) is 12.3. The number of ether oxygens (including phenoxy) is 1. The third-order valence-corrected chi connectivity index (χ3v) is 14.2. The molecule has 5 aliphatic carbocycles. The normalized spacial score (nSPS) is 59.4. The monoisotopic (exact) mass is 458 g/mol. The summed E-state index contributed by atoms with van der Waals surface area (Å²) >= 11 is 0. The standard InChI is InChI=1S/C30H50O3/c1-24(2)21-11-13-28(7)22(29(21)16-17-30(24,32)33-18-29)9-8-20-23-19(25(3,4)31)10-12-26(23,5)14-15-27(20,28)6/h19-23,31-32H,8-18H2,1-7H3/t19-,20-,21+,22+,23+,26-,27-,28-,29-,30+/m1/s1. The summed E-state index contributed by atoms with van der Waals surface area (Å²) in [6, 6.07) is 0. The van der Waals surface area contributed by atoms with Gasteiger partial charge in [0.15, 0.2) is 5.79 Å². The highest BCUT2D eigenvalue weighted by Crippen LogP contribution is 2.79. The maximum Gasteiger partial charge on any atom is 0.170 e. The molecule has 2 saturated heterocycles. The molecule has 0 amide bonds. The zero-order chi connectivity index (χ0) is 23.9. The summed E-state index contributed by atoms with van der Waals surface area (Å²) in [5.41, 5.74) is 0.566. The molecule has 0 aromatic carbocycles. The zero-order valence-electron chi connectivity index (χ0n) is 22.5. The Labute approximate surface area is 202 Å². The van der Waals surface area contributed by atoms with Crippen molar-refractivity contribution in [2.75, 3.05) is 6.61 Å². The lowest BCUT2D eigenvalue weighted by atomic mass is 9.31. The van der Waals surface area contributed by atoms with Gasteiger partial charge < -0.3 is 14.9 Å². The fourth-order valence-corrected chi connectivity index (χ4v) is 12.1. The molecule has 2 aliphatic heterocycles. The van der Waals surface area contributed by atoms with Gasteiger partial charge in [0.25, 0.3) is 0 Å². The maximum atomic E-state index is 11.4. The first-order chi connectivity index (χ1) is 15.1. The van der Waals surface area contributed by atoms with E-state index in [0.29, 0.717) is 39.9 Å². The zero-order valence-corrected chi connectivity index (χ0v) is 22.5. The van der Waals surface area contributed by atoms with Gasteiger partial charge in [-0.3, -0.25) is 0 Å². The Morgan fingerprint density at radius 2 is 1.48 bits per heavy atom. The highest BCUT2D eigenvalue weighted by Gasteiger charge is 2.75. The van der Waals surface area contributed by atoms with Crippen LogP contribution in [0.15, 0.2) is 0 Å². The average Bonchev–Trinajstić information content (AvgIpc) is 3.08. The third kappa shape index (κ3) is 2.54.